The smallest absolute Gasteiger partial charge is 0.407 e. The molecule has 5 aromatic carbocycles. The number of ether oxygens (including phenoxy) is 2. The van der Waals surface area contributed by atoms with Gasteiger partial charge in [-0.25, -0.2) is 14.8 Å². The third-order valence-corrected chi connectivity index (χ3v) is 14.0. The van der Waals surface area contributed by atoms with E-state index in [0.29, 0.717) is 43.7 Å². The van der Waals surface area contributed by atoms with Crippen LogP contribution in [0.3, 0.4) is 0 Å². The summed E-state index contributed by atoms with van der Waals surface area (Å²) in [5.74, 6) is 1.45. The molecular weight excluding hydrogens is 845 g/mol. The predicted molar refractivity (Wildman–Crippen MR) is 258 cm³/mol. The van der Waals surface area contributed by atoms with Gasteiger partial charge in [0.2, 0.25) is 17.7 Å². The number of imidazole rings is 2. The van der Waals surface area contributed by atoms with Gasteiger partial charge in [-0.1, -0.05) is 94.4 Å². The van der Waals surface area contributed by atoms with E-state index in [9.17, 15) is 19.2 Å². The number of rotatable bonds is 13. The number of likely N-dealkylation sites (tertiary alicyclic amines) is 1. The van der Waals surface area contributed by atoms with Crippen LogP contribution in [0.25, 0.3) is 54.7 Å². The lowest BCUT2D eigenvalue weighted by Crippen LogP contribution is -2.55. The molecule has 1 saturated heterocycles. The number of carbonyl (C=O) groups excluding carboxylic acids is 4. The summed E-state index contributed by atoms with van der Waals surface area (Å²) < 4.78 is 10.5. The van der Waals surface area contributed by atoms with Gasteiger partial charge in [0.15, 0.2) is 0 Å². The van der Waals surface area contributed by atoms with Crippen LogP contribution >= 0.6 is 0 Å². The third kappa shape index (κ3) is 8.70. The Morgan fingerprint density at radius 3 is 2.06 bits per heavy atom. The van der Waals surface area contributed by atoms with Crippen LogP contribution in [0.4, 0.5) is 4.79 Å². The van der Waals surface area contributed by atoms with Gasteiger partial charge in [-0.3, -0.25) is 14.4 Å². The Bertz CT molecular complexity index is 3040. The zero-order valence-electron chi connectivity index (χ0n) is 38.9. The number of nitrogens with zero attached hydrogens (tertiary/aromatic N) is 4. The van der Waals surface area contributed by atoms with Gasteiger partial charge in [-0.05, 0) is 88.7 Å². The average molecular weight is 903 g/mol. The molecule has 2 saturated carbocycles. The molecule has 4 amide bonds. The minimum Gasteiger partial charge on any atom is -0.453 e. The Morgan fingerprint density at radius 1 is 0.821 bits per heavy atom. The number of aromatic amines is 2. The van der Waals surface area contributed by atoms with E-state index in [-0.39, 0.29) is 41.6 Å². The van der Waals surface area contributed by atoms with Crippen molar-refractivity contribution in [3.05, 3.63) is 108 Å². The topological polar surface area (TPSA) is 175 Å². The number of H-pyrrole nitrogens is 2. The number of alkyl carbamates (subject to hydrolysis) is 1. The molecule has 0 radical (unpaired) electrons. The van der Waals surface area contributed by atoms with E-state index in [1.165, 1.54) is 7.11 Å². The fourth-order valence-corrected chi connectivity index (χ4v) is 10.0. The lowest BCUT2D eigenvalue weighted by atomic mass is 9.85. The number of carbonyl (C=O) groups is 4. The van der Waals surface area contributed by atoms with E-state index in [4.69, 9.17) is 19.4 Å². The molecule has 3 aliphatic rings. The minimum absolute atomic E-state index is 0.0339. The Kier molecular flexibility index (Phi) is 11.5. The van der Waals surface area contributed by atoms with Gasteiger partial charge in [-0.2, -0.15) is 0 Å². The van der Waals surface area contributed by atoms with E-state index in [2.05, 4.69) is 82.1 Å². The van der Waals surface area contributed by atoms with Crippen LogP contribution in [-0.2, 0) is 30.4 Å². The summed E-state index contributed by atoms with van der Waals surface area (Å²) in [5, 5.41) is 9.95. The number of hydrogen-bond donors (Lipinski definition) is 4. The van der Waals surface area contributed by atoms with E-state index in [1.807, 2.05) is 67.0 Å². The first kappa shape index (κ1) is 44.1. The standard InChI is InChI=1S/C53H58N8O6/c1-29-22-41(29)61(51(64)47(53(2,3)4)59-52(65)67-6)27-43-54-39-20-16-35-24-33(14-18-37(35)45(39)56-43)34-15-19-38-36(25-34)17-21-40-46(38)57-48(55-40)42-23-30(28-66-5)26-60(42)50(63)44(31-10-8-7-9-11-31)58-49(62)32-12-13-32/h7-11,14-21,24-25,29-30,32,41-42,44,47H,12-13,22-23,26-28H2,1-6H3,(H,54,56)(H,55,57)(H,58,62)(H,59,65)/t29-,30-,41+,42-,44+,47+/m0/s1. The first-order valence-corrected chi connectivity index (χ1v) is 23.4. The normalized spacial score (nSPS) is 20.3. The molecule has 67 heavy (non-hydrogen) atoms. The fourth-order valence-electron chi connectivity index (χ4n) is 10.0. The second-order valence-corrected chi connectivity index (χ2v) is 20.0. The highest BCUT2D eigenvalue weighted by molar-refractivity contribution is 6.07. The lowest BCUT2D eigenvalue weighted by molar-refractivity contribution is -0.138. The molecule has 7 aromatic rings. The molecule has 0 unspecified atom stereocenters. The molecule has 2 aliphatic carbocycles. The van der Waals surface area contributed by atoms with Crippen molar-refractivity contribution in [2.45, 2.75) is 84.1 Å². The number of aromatic nitrogens is 4. The highest BCUT2D eigenvalue weighted by Gasteiger charge is 2.46. The highest BCUT2D eigenvalue weighted by atomic mass is 16.5. The predicted octanol–water partition coefficient (Wildman–Crippen LogP) is 8.72. The number of fused-ring (bicyclic) bond motifs is 6. The number of amides is 4. The zero-order chi connectivity index (χ0) is 46.7. The van der Waals surface area contributed by atoms with Gasteiger partial charge in [-0.15, -0.1) is 0 Å². The molecule has 6 atom stereocenters. The summed E-state index contributed by atoms with van der Waals surface area (Å²) in [6, 6.07) is 28.8. The average Bonchev–Trinajstić information content (AvgIpc) is 4.15. The van der Waals surface area contributed by atoms with Crippen molar-refractivity contribution in [2.75, 3.05) is 27.4 Å². The maximum Gasteiger partial charge on any atom is 0.407 e. The first-order valence-electron chi connectivity index (χ1n) is 23.4. The molecule has 1 aliphatic heterocycles. The molecule has 10 rings (SSSR count). The molecule has 2 aromatic heterocycles. The zero-order valence-corrected chi connectivity index (χ0v) is 38.9. The highest BCUT2D eigenvalue weighted by Crippen LogP contribution is 2.41. The molecule has 14 heteroatoms. The summed E-state index contributed by atoms with van der Waals surface area (Å²) in [6.07, 6.45) is 2.64. The lowest BCUT2D eigenvalue weighted by Gasteiger charge is -2.34. The molecular formula is C53H58N8O6. The van der Waals surface area contributed by atoms with Crippen molar-refractivity contribution in [1.29, 1.82) is 0 Å². The van der Waals surface area contributed by atoms with Crippen LogP contribution in [0.2, 0.25) is 0 Å². The Morgan fingerprint density at radius 2 is 1.46 bits per heavy atom. The monoisotopic (exact) mass is 902 g/mol. The second-order valence-electron chi connectivity index (χ2n) is 20.0. The van der Waals surface area contributed by atoms with Gasteiger partial charge < -0.3 is 39.9 Å². The van der Waals surface area contributed by atoms with Crippen LogP contribution in [0, 0.1) is 23.2 Å². The van der Waals surface area contributed by atoms with Crippen molar-refractivity contribution in [3.8, 4) is 11.1 Å². The van der Waals surface area contributed by atoms with Crippen LogP contribution < -0.4 is 10.6 Å². The van der Waals surface area contributed by atoms with Crippen molar-refractivity contribution in [1.82, 2.24) is 40.4 Å². The van der Waals surface area contributed by atoms with Gasteiger partial charge in [0.1, 0.15) is 23.7 Å². The maximum atomic E-state index is 14.6. The minimum atomic E-state index is -0.797. The number of nitrogens with one attached hydrogen (secondary N) is 4. The fraction of sp³-hybridized carbons (Fsp3) is 0.396. The Hall–Kier alpha value is -6.80. The number of hydrogen-bond acceptors (Lipinski definition) is 8. The first-order chi connectivity index (χ1) is 32.3. The molecule has 14 nitrogen and oxygen atoms in total. The van der Waals surface area contributed by atoms with Gasteiger partial charge in [0.05, 0.1) is 48.4 Å². The second kappa shape index (κ2) is 17.4. The summed E-state index contributed by atoms with van der Waals surface area (Å²) in [5.41, 5.74) is 5.78. The van der Waals surface area contributed by atoms with Gasteiger partial charge >= 0.3 is 6.09 Å². The largest absolute Gasteiger partial charge is 0.453 e. The van der Waals surface area contributed by atoms with E-state index in [1.54, 1.807) is 7.11 Å². The van der Waals surface area contributed by atoms with Crippen molar-refractivity contribution < 1.29 is 28.7 Å². The van der Waals surface area contributed by atoms with E-state index >= 15 is 0 Å². The Balaban J connectivity index is 0.915. The van der Waals surface area contributed by atoms with Gasteiger partial charge in [0.25, 0.3) is 0 Å². The SMILES string of the molecule is COC[C@H]1C[C@@H](c2nc3c(ccc4cc(-c5ccc6c(ccc7[nH]c(CN(C(=O)[C@@H](NC(=O)OC)C(C)(C)C)[C@@H]8C[C@@H]8C)nc76)c5)ccc43)[nH]2)N(C(=O)[C@H](NC(=O)C2CC2)c2ccccc2)C1. The molecule has 3 heterocycles. The Labute approximate surface area is 389 Å². The molecule has 0 spiro atoms. The van der Waals surface area contributed by atoms with Crippen LogP contribution in [0.5, 0.6) is 0 Å². The summed E-state index contributed by atoms with van der Waals surface area (Å²) in [4.78, 5) is 75.1. The third-order valence-electron chi connectivity index (χ3n) is 14.0. The molecule has 0 bridgehead atoms. The number of benzene rings is 5. The van der Waals surface area contributed by atoms with Crippen molar-refractivity contribution in [3.63, 3.8) is 0 Å². The molecule has 4 N–H and O–H groups in total. The van der Waals surface area contributed by atoms with E-state index < -0.39 is 23.6 Å². The molecule has 346 valence electrons. The summed E-state index contributed by atoms with van der Waals surface area (Å²) in [6.45, 7) is 9.23. The van der Waals surface area contributed by atoms with Gasteiger partial charge in [0, 0.05) is 42.3 Å². The maximum absolute atomic E-state index is 14.6. The van der Waals surface area contributed by atoms with Crippen molar-refractivity contribution in [2.24, 2.45) is 23.2 Å². The number of methoxy groups -OCH3 is 2. The summed E-state index contributed by atoms with van der Waals surface area (Å²) >= 11 is 0. The van der Waals surface area contributed by atoms with E-state index in [0.717, 1.165) is 79.6 Å². The summed E-state index contributed by atoms with van der Waals surface area (Å²) in [7, 11) is 2.99. The van der Waals surface area contributed by atoms with Crippen LogP contribution in [-0.4, -0.2) is 93.0 Å². The quantitative estimate of drug-likeness (QED) is 0.0889. The van der Waals surface area contributed by atoms with Crippen LogP contribution in [0.1, 0.15) is 82.7 Å². The van der Waals surface area contributed by atoms with Crippen LogP contribution in [0.15, 0.2) is 91.0 Å². The van der Waals surface area contributed by atoms with Crippen molar-refractivity contribution >= 4 is 67.4 Å². The molecule has 3 fully saturated rings.